The quantitative estimate of drug-likeness (QED) is 0.175. The summed E-state index contributed by atoms with van der Waals surface area (Å²) in [5.74, 6) is 0.830. The van der Waals surface area contributed by atoms with E-state index in [1.165, 1.54) is 11.1 Å². The maximum atomic E-state index is 13.6. The van der Waals surface area contributed by atoms with Gasteiger partial charge in [-0.05, 0) is 73.8 Å². The fourth-order valence-corrected chi connectivity index (χ4v) is 5.58. The molecule has 0 unspecified atom stereocenters. The summed E-state index contributed by atoms with van der Waals surface area (Å²) in [6.45, 7) is 5.71. The Labute approximate surface area is 248 Å². The summed E-state index contributed by atoms with van der Waals surface area (Å²) in [6.07, 6.45) is 5.93. The molecule has 0 spiro atoms. The predicted molar refractivity (Wildman–Crippen MR) is 160 cm³/mol. The summed E-state index contributed by atoms with van der Waals surface area (Å²) < 4.78 is 19.3. The first-order valence-corrected chi connectivity index (χ1v) is 15.0. The van der Waals surface area contributed by atoms with Crippen LogP contribution in [0.2, 0.25) is 5.02 Å². The number of rotatable bonds is 9. The molecule has 0 bridgehead atoms. The van der Waals surface area contributed by atoms with Crippen LogP contribution in [0.1, 0.15) is 70.2 Å². The van der Waals surface area contributed by atoms with Crippen molar-refractivity contribution in [2.45, 2.75) is 64.9 Å². The molecule has 1 heterocycles. The lowest BCUT2D eigenvalue weighted by molar-refractivity contribution is -0.150. The fraction of sp³-hybridized carbons (Fsp3) is 0.429. The van der Waals surface area contributed by atoms with Gasteiger partial charge >= 0.3 is 5.97 Å². The average molecular weight is 684 g/mol. The van der Waals surface area contributed by atoms with E-state index < -0.39 is 12.1 Å². The molecule has 208 valence electrons. The second-order valence-electron chi connectivity index (χ2n) is 9.19. The predicted octanol–water partition coefficient (Wildman–Crippen LogP) is 7.23. The molecule has 1 aliphatic rings. The Morgan fingerprint density at radius 1 is 1.21 bits per heavy atom. The lowest BCUT2D eigenvalue weighted by Crippen LogP contribution is -2.26. The maximum absolute atomic E-state index is 13.6. The highest BCUT2D eigenvalue weighted by Gasteiger charge is 2.25. The third-order valence-corrected chi connectivity index (χ3v) is 8.42. The third kappa shape index (κ3) is 6.66. The van der Waals surface area contributed by atoms with Crippen molar-refractivity contribution in [2.75, 3.05) is 13.2 Å². The number of hydrogen-bond donors (Lipinski definition) is 0. The summed E-state index contributed by atoms with van der Waals surface area (Å²) in [5.41, 5.74) is 0.972. The molecular formula is C28H30Br2ClN3O5. The molecule has 1 aromatic heterocycles. The van der Waals surface area contributed by atoms with Crippen LogP contribution in [0.3, 0.4) is 0 Å². The number of ether oxygens (including phenoxy) is 3. The average Bonchev–Trinajstić information content (AvgIpc) is 2.93. The topological polar surface area (TPSA) is 92.0 Å². The normalized spacial score (nSPS) is 15.0. The van der Waals surface area contributed by atoms with Crippen LogP contribution in [0, 0.1) is 0 Å². The Kier molecular flexibility index (Phi) is 10.1. The van der Waals surface area contributed by atoms with E-state index >= 15 is 0 Å². The molecule has 1 saturated carbocycles. The monoisotopic (exact) mass is 681 g/mol. The highest BCUT2D eigenvalue weighted by Crippen LogP contribution is 2.43. The summed E-state index contributed by atoms with van der Waals surface area (Å²) in [4.78, 5) is 30.7. The molecule has 3 aromatic rings. The number of esters is 1. The summed E-state index contributed by atoms with van der Waals surface area (Å²) in [6, 6.07) is 7.19. The summed E-state index contributed by atoms with van der Waals surface area (Å²) in [5, 5.41) is 5.30. The SMILES string of the molecule is CCOC(=O)[C@H](C)Oc1c(OCC)cc(C=Nn2c(C3CCCCC3)nc3ccc(Br)cc3c2=O)c(Br)c1Cl. The molecule has 0 aliphatic heterocycles. The Hall–Kier alpha value is -2.43. The first-order chi connectivity index (χ1) is 18.7. The standard InChI is InChI=1S/C28H30Br2ClN3O5/c1-4-37-22-13-18(23(30)24(31)25(22)39-16(3)28(36)38-5-2)15-32-34-26(17-9-7-6-8-10-17)33-21-12-11-19(29)14-20(21)27(34)35/h11-17H,4-10H2,1-3H3/t16-/m0/s1. The van der Waals surface area contributed by atoms with Gasteiger partial charge in [-0.2, -0.15) is 9.78 Å². The third-order valence-electron chi connectivity index (χ3n) is 6.48. The number of hydrogen-bond acceptors (Lipinski definition) is 7. The van der Waals surface area contributed by atoms with Crippen molar-refractivity contribution in [3.8, 4) is 11.5 Å². The number of carbonyl (C=O) groups is 1. The molecule has 4 rings (SSSR count). The molecule has 11 heteroatoms. The highest BCUT2D eigenvalue weighted by atomic mass is 79.9. The smallest absolute Gasteiger partial charge is 0.347 e. The van der Waals surface area contributed by atoms with E-state index in [1.54, 1.807) is 32.2 Å². The van der Waals surface area contributed by atoms with Crippen molar-refractivity contribution >= 4 is 66.5 Å². The molecule has 0 radical (unpaired) electrons. The van der Waals surface area contributed by atoms with E-state index in [0.717, 1.165) is 30.2 Å². The molecule has 39 heavy (non-hydrogen) atoms. The second kappa shape index (κ2) is 13.3. The molecule has 2 aromatic carbocycles. The molecular weight excluding hydrogens is 654 g/mol. The molecule has 8 nitrogen and oxygen atoms in total. The highest BCUT2D eigenvalue weighted by molar-refractivity contribution is 9.10. The van der Waals surface area contributed by atoms with E-state index in [1.807, 2.05) is 19.1 Å². The number of carbonyl (C=O) groups excluding carboxylic acids is 1. The zero-order valence-corrected chi connectivity index (χ0v) is 25.9. The minimum Gasteiger partial charge on any atom is -0.490 e. The lowest BCUT2D eigenvalue weighted by Gasteiger charge is -2.23. The van der Waals surface area contributed by atoms with Crippen LogP contribution in [0.5, 0.6) is 11.5 Å². The van der Waals surface area contributed by atoms with Crippen LogP contribution in [-0.2, 0) is 9.53 Å². The van der Waals surface area contributed by atoms with Gasteiger partial charge in [0.2, 0.25) is 0 Å². The Morgan fingerprint density at radius 3 is 2.64 bits per heavy atom. The van der Waals surface area contributed by atoms with Crippen LogP contribution in [-0.4, -0.2) is 41.2 Å². The van der Waals surface area contributed by atoms with Gasteiger partial charge in [0.1, 0.15) is 10.8 Å². The van der Waals surface area contributed by atoms with Crippen molar-refractivity contribution in [2.24, 2.45) is 5.10 Å². The van der Waals surface area contributed by atoms with Gasteiger partial charge in [0.05, 0.1) is 30.3 Å². The number of halogens is 3. The van der Waals surface area contributed by atoms with Crippen LogP contribution < -0.4 is 15.0 Å². The molecule has 0 amide bonds. The summed E-state index contributed by atoms with van der Waals surface area (Å²) in [7, 11) is 0. The number of nitrogens with zero attached hydrogens (tertiary/aromatic N) is 3. The maximum Gasteiger partial charge on any atom is 0.347 e. The van der Waals surface area contributed by atoms with Crippen molar-refractivity contribution in [3.05, 3.63) is 60.0 Å². The van der Waals surface area contributed by atoms with E-state index in [0.29, 0.717) is 39.1 Å². The van der Waals surface area contributed by atoms with Crippen molar-refractivity contribution in [1.82, 2.24) is 9.66 Å². The molecule has 1 fully saturated rings. The van der Waals surface area contributed by atoms with E-state index in [-0.39, 0.29) is 28.9 Å². The van der Waals surface area contributed by atoms with Gasteiger partial charge in [-0.1, -0.05) is 46.8 Å². The Balaban J connectivity index is 1.79. The number of aromatic nitrogens is 2. The van der Waals surface area contributed by atoms with E-state index in [4.69, 9.17) is 30.8 Å². The van der Waals surface area contributed by atoms with Gasteiger partial charge in [0, 0.05) is 20.4 Å². The van der Waals surface area contributed by atoms with Crippen LogP contribution in [0.25, 0.3) is 10.9 Å². The second-order valence-corrected chi connectivity index (χ2v) is 11.3. The Bertz CT molecular complexity index is 1450. The molecule has 0 N–H and O–H groups in total. The van der Waals surface area contributed by atoms with Gasteiger partial charge in [-0.3, -0.25) is 4.79 Å². The zero-order valence-electron chi connectivity index (χ0n) is 22.0. The van der Waals surface area contributed by atoms with Crippen LogP contribution in [0.4, 0.5) is 0 Å². The first kappa shape index (κ1) is 29.6. The van der Waals surface area contributed by atoms with Gasteiger partial charge < -0.3 is 14.2 Å². The lowest BCUT2D eigenvalue weighted by atomic mass is 9.88. The van der Waals surface area contributed by atoms with Gasteiger partial charge in [-0.15, -0.1) is 0 Å². The Morgan fingerprint density at radius 2 is 1.95 bits per heavy atom. The van der Waals surface area contributed by atoms with E-state index in [9.17, 15) is 9.59 Å². The van der Waals surface area contributed by atoms with Crippen LogP contribution in [0.15, 0.2) is 43.1 Å². The van der Waals surface area contributed by atoms with Gasteiger partial charge in [0.25, 0.3) is 5.56 Å². The summed E-state index contributed by atoms with van der Waals surface area (Å²) >= 11 is 13.7. The zero-order chi connectivity index (χ0) is 28.1. The molecule has 1 aliphatic carbocycles. The fourth-order valence-electron chi connectivity index (χ4n) is 4.58. The van der Waals surface area contributed by atoms with Gasteiger partial charge in [0.15, 0.2) is 17.6 Å². The van der Waals surface area contributed by atoms with Gasteiger partial charge in [-0.25, -0.2) is 9.78 Å². The first-order valence-electron chi connectivity index (χ1n) is 13.0. The van der Waals surface area contributed by atoms with Crippen molar-refractivity contribution < 1.29 is 19.0 Å². The van der Waals surface area contributed by atoms with Crippen molar-refractivity contribution in [1.29, 1.82) is 0 Å². The van der Waals surface area contributed by atoms with Crippen LogP contribution >= 0.6 is 43.5 Å². The molecule has 1 atom stereocenters. The largest absolute Gasteiger partial charge is 0.490 e. The molecule has 0 saturated heterocycles. The van der Waals surface area contributed by atoms with Crippen molar-refractivity contribution in [3.63, 3.8) is 0 Å². The number of benzene rings is 2. The minimum atomic E-state index is -0.896. The van der Waals surface area contributed by atoms with E-state index in [2.05, 4.69) is 37.0 Å². The number of fused-ring (bicyclic) bond motifs is 1. The minimum absolute atomic E-state index is 0.141.